The third kappa shape index (κ3) is 3.48. The van der Waals surface area contributed by atoms with E-state index in [-0.39, 0.29) is 5.91 Å². The molecule has 6 nitrogen and oxygen atoms in total. The zero-order valence-electron chi connectivity index (χ0n) is 13.1. The van der Waals surface area contributed by atoms with Crippen molar-refractivity contribution in [3.05, 3.63) is 70.9 Å². The molecule has 0 spiro atoms. The van der Waals surface area contributed by atoms with Crippen molar-refractivity contribution in [2.45, 2.75) is 26.9 Å². The fraction of sp³-hybridized carbons (Fsp3) is 0.235. The summed E-state index contributed by atoms with van der Waals surface area (Å²) in [4.78, 5) is 12.2. The summed E-state index contributed by atoms with van der Waals surface area (Å²) in [5.41, 5.74) is 3.29. The Labute approximate surface area is 134 Å². The maximum atomic E-state index is 12.2. The second kappa shape index (κ2) is 6.48. The van der Waals surface area contributed by atoms with Crippen LogP contribution in [0.5, 0.6) is 0 Å². The van der Waals surface area contributed by atoms with E-state index in [0.29, 0.717) is 30.1 Å². The molecule has 0 bridgehead atoms. The first-order valence-electron chi connectivity index (χ1n) is 7.40. The van der Waals surface area contributed by atoms with Gasteiger partial charge in [0, 0.05) is 18.9 Å². The molecule has 0 saturated heterocycles. The van der Waals surface area contributed by atoms with Gasteiger partial charge in [-0.25, -0.2) is 0 Å². The second-order valence-electron chi connectivity index (χ2n) is 5.41. The Kier molecular flexibility index (Phi) is 4.23. The summed E-state index contributed by atoms with van der Waals surface area (Å²) in [6, 6.07) is 9.97. The number of amides is 1. The van der Waals surface area contributed by atoms with Gasteiger partial charge in [0.1, 0.15) is 11.3 Å². The Morgan fingerprint density at radius 1 is 1.26 bits per heavy atom. The van der Waals surface area contributed by atoms with Gasteiger partial charge >= 0.3 is 0 Å². The number of nitrogens with one attached hydrogen (secondary N) is 1. The van der Waals surface area contributed by atoms with Crippen LogP contribution in [0.3, 0.4) is 0 Å². The molecule has 2 aromatic heterocycles. The summed E-state index contributed by atoms with van der Waals surface area (Å²) < 4.78 is 6.89. The molecule has 1 N–H and O–H groups in total. The minimum Gasteiger partial charge on any atom is -0.361 e. The largest absolute Gasteiger partial charge is 0.361 e. The zero-order chi connectivity index (χ0) is 16.2. The average Bonchev–Trinajstić information content (AvgIpc) is 3.15. The van der Waals surface area contributed by atoms with Crippen LogP contribution in [0.1, 0.15) is 32.9 Å². The maximum Gasteiger partial charge on any atom is 0.257 e. The van der Waals surface area contributed by atoms with Gasteiger partial charge in [-0.05, 0) is 31.0 Å². The number of hydrogen-bond acceptors (Lipinski definition) is 4. The lowest BCUT2D eigenvalue weighted by molar-refractivity contribution is 0.0949. The van der Waals surface area contributed by atoms with Crippen LogP contribution in [0.15, 0.2) is 47.2 Å². The van der Waals surface area contributed by atoms with Gasteiger partial charge in [-0.3, -0.25) is 9.48 Å². The van der Waals surface area contributed by atoms with Crippen molar-refractivity contribution in [3.63, 3.8) is 0 Å². The van der Waals surface area contributed by atoms with Crippen LogP contribution < -0.4 is 5.32 Å². The topological polar surface area (TPSA) is 73.0 Å². The lowest BCUT2D eigenvalue weighted by atomic mass is 10.1. The Bertz CT molecular complexity index is 786. The molecule has 0 aliphatic heterocycles. The number of rotatable bonds is 5. The average molecular weight is 310 g/mol. The van der Waals surface area contributed by atoms with Crippen LogP contribution in [-0.4, -0.2) is 20.8 Å². The number of aromatic nitrogens is 3. The highest BCUT2D eigenvalue weighted by atomic mass is 16.5. The van der Waals surface area contributed by atoms with Gasteiger partial charge in [0.25, 0.3) is 5.91 Å². The Morgan fingerprint density at radius 3 is 2.78 bits per heavy atom. The summed E-state index contributed by atoms with van der Waals surface area (Å²) >= 11 is 0. The van der Waals surface area contributed by atoms with E-state index in [1.165, 1.54) is 0 Å². The van der Waals surface area contributed by atoms with E-state index in [1.807, 2.05) is 35.1 Å². The quantitative estimate of drug-likeness (QED) is 0.785. The lowest BCUT2D eigenvalue weighted by Crippen LogP contribution is -2.23. The van der Waals surface area contributed by atoms with Crippen molar-refractivity contribution in [3.8, 4) is 0 Å². The van der Waals surface area contributed by atoms with E-state index in [4.69, 9.17) is 4.52 Å². The van der Waals surface area contributed by atoms with E-state index in [9.17, 15) is 4.79 Å². The van der Waals surface area contributed by atoms with Gasteiger partial charge in [-0.15, -0.1) is 0 Å². The molecular formula is C17H18N4O2. The first-order chi connectivity index (χ1) is 11.1. The van der Waals surface area contributed by atoms with E-state index >= 15 is 0 Å². The Balaban J connectivity index is 1.65. The molecule has 0 unspecified atom stereocenters. The van der Waals surface area contributed by atoms with Crippen LogP contribution in [0.4, 0.5) is 0 Å². The van der Waals surface area contributed by atoms with Crippen LogP contribution in [-0.2, 0) is 13.1 Å². The molecule has 0 radical (unpaired) electrons. The monoisotopic (exact) mass is 310 g/mol. The molecule has 2 heterocycles. The smallest absolute Gasteiger partial charge is 0.257 e. The molecule has 3 aromatic rings. The van der Waals surface area contributed by atoms with Crippen molar-refractivity contribution in [1.82, 2.24) is 20.3 Å². The number of nitrogens with zero attached hydrogens (tertiary/aromatic N) is 3. The molecule has 0 saturated carbocycles. The minimum absolute atomic E-state index is 0.168. The van der Waals surface area contributed by atoms with E-state index in [1.54, 1.807) is 20.0 Å². The molecule has 0 fully saturated rings. The molecule has 6 heteroatoms. The lowest BCUT2D eigenvalue weighted by Gasteiger charge is -2.07. The van der Waals surface area contributed by atoms with Crippen molar-refractivity contribution in [1.29, 1.82) is 0 Å². The Morgan fingerprint density at radius 2 is 2.09 bits per heavy atom. The summed E-state index contributed by atoms with van der Waals surface area (Å²) in [5.74, 6) is 0.367. The number of benzene rings is 1. The Hall–Kier alpha value is -2.89. The third-order valence-corrected chi connectivity index (χ3v) is 3.61. The predicted octanol–water partition coefficient (Wildman–Crippen LogP) is 2.47. The van der Waals surface area contributed by atoms with Gasteiger partial charge < -0.3 is 9.84 Å². The van der Waals surface area contributed by atoms with Crippen molar-refractivity contribution in [2.24, 2.45) is 0 Å². The molecule has 23 heavy (non-hydrogen) atoms. The normalized spacial score (nSPS) is 10.7. The third-order valence-electron chi connectivity index (χ3n) is 3.61. The van der Waals surface area contributed by atoms with E-state index in [2.05, 4.69) is 21.6 Å². The van der Waals surface area contributed by atoms with Gasteiger partial charge in [0.05, 0.1) is 12.2 Å². The van der Waals surface area contributed by atoms with Crippen LogP contribution >= 0.6 is 0 Å². The standard InChI is InChI=1S/C17H18N4O2/c1-12-16(13(2)23-20-12)17(22)18-10-14-5-3-6-15(9-14)11-21-8-4-7-19-21/h3-9H,10-11H2,1-2H3,(H,18,22). The molecule has 1 aromatic carbocycles. The van der Waals surface area contributed by atoms with Gasteiger partial charge in [0.2, 0.25) is 0 Å². The summed E-state index contributed by atoms with van der Waals surface area (Å²) in [6.07, 6.45) is 3.68. The first-order valence-corrected chi connectivity index (χ1v) is 7.40. The maximum absolute atomic E-state index is 12.2. The van der Waals surface area contributed by atoms with E-state index < -0.39 is 0 Å². The van der Waals surface area contributed by atoms with Crippen LogP contribution in [0.2, 0.25) is 0 Å². The summed E-state index contributed by atoms with van der Waals surface area (Å²) in [7, 11) is 0. The van der Waals surface area contributed by atoms with Gasteiger partial charge in [0.15, 0.2) is 0 Å². The zero-order valence-corrected chi connectivity index (χ0v) is 13.1. The number of hydrogen-bond donors (Lipinski definition) is 1. The van der Waals surface area contributed by atoms with Gasteiger partial charge in [-0.1, -0.05) is 29.4 Å². The molecular weight excluding hydrogens is 292 g/mol. The summed E-state index contributed by atoms with van der Waals surface area (Å²) in [6.45, 7) is 4.66. The highest BCUT2D eigenvalue weighted by molar-refractivity contribution is 5.96. The van der Waals surface area contributed by atoms with Crippen LogP contribution in [0, 0.1) is 13.8 Å². The van der Waals surface area contributed by atoms with Crippen molar-refractivity contribution in [2.75, 3.05) is 0 Å². The molecule has 0 atom stereocenters. The number of carbonyl (C=O) groups excluding carboxylic acids is 1. The fourth-order valence-corrected chi connectivity index (χ4v) is 2.50. The highest BCUT2D eigenvalue weighted by Gasteiger charge is 2.16. The second-order valence-corrected chi connectivity index (χ2v) is 5.41. The highest BCUT2D eigenvalue weighted by Crippen LogP contribution is 2.12. The van der Waals surface area contributed by atoms with Crippen molar-refractivity contribution < 1.29 is 9.32 Å². The number of aryl methyl sites for hydroxylation is 2. The fourth-order valence-electron chi connectivity index (χ4n) is 2.50. The molecule has 118 valence electrons. The first kappa shape index (κ1) is 15.0. The number of carbonyl (C=O) groups is 1. The van der Waals surface area contributed by atoms with Gasteiger partial charge in [-0.2, -0.15) is 5.10 Å². The SMILES string of the molecule is Cc1noc(C)c1C(=O)NCc1cccc(Cn2cccn2)c1. The molecule has 0 aliphatic carbocycles. The molecule has 3 rings (SSSR count). The minimum atomic E-state index is -0.168. The summed E-state index contributed by atoms with van der Waals surface area (Å²) in [5, 5.41) is 10.9. The van der Waals surface area contributed by atoms with E-state index in [0.717, 1.165) is 11.1 Å². The van der Waals surface area contributed by atoms with Crippen molar-refractivity contribution >= 4 is 5.91 Å². The predicted molar refractivity (Wildman–Crippen MR) is 84.9 cm³/mol. The molecule has 0 aliphatic rings. The van der Waals surface area contributed by atoms with Crippen LogP contribution in [0.25, 0.3) is 0 Å². The molecule has 1 amide bonds.